The fourth-order valence-electron chi connectivity index (χ4n) is 4.22. The van der Waals surface area contributed by atoms with Gasteiger partial charge in [-0.2, -0.15) is 0 Å². The van der Waals surface area contributed by atoms with Crippen molar-refractivity contribution in [2.45, 2.75) is 25.9 Å². The van der Waals surface area contributed by atoms with Crippen LogP contribution in [0.1, 0.15) is 56.4 Å². The maximum atomic E-state index is 12.6. The normalized spacial score (nSPS) is 11.8. The number of nitrogens with one attached hydrogen (secondary N) is 2. The molecule has 0 saturated carbocycles. The second-order valence-electron chi connectivity index (χ2n) is 10.3. The highest BCUT2D eigenvalue weighted by Gasteiger charge is 2.20. The number of aromatic nitrogens is 4. The minimum atomic E-state index is -0.296. The van der Waals surface area contributed by atoms with Gasteiger partial charge in [0.25, 0.3) is 11.8 Å². The predicted octanol–water partition coefficient (Wildman–Crippen LogP) is 10.3. The van der Waals surface area contributed by atoms with Crippen molar-refractivity contribution in [3.8, 4) is 23.3 Å². The molecule has 0 aliphatic carbocycles. The van der Waals surface area contributed by atoms with Gasteiger partial charge in [0.1, 0.15) is 22.6 Å². The van der Waals surface area contributed by atoms with Gasteiger partial charge in [0, 0.05) is 46.7 Å². The van der Waals surface area contributed by atoms with E-state index >= 15 is 0 Å². The van der Waals surface area contributed by atoms with Crippen LogP contribution in [-0.2, 0) is 0 Å². The molecule has 6 rings (SSSR count). The zero-order valence-electron chi connectivity index (χ0n) is 26.1. The number of pyridine rings is 4. The highest BCUT2D eigenvalue weighted by molar-refractivity contribution is 7.16. The summed E-state index contributed by atoms with van der Waals surface area (Å²) in [7, 11) is 0. The van der Waals surface area contributed by atoms with Gasteiger partial charge in [0.15, 0.2) is 0 Å². The zero-order chi connectivity index (χ0) is 35.6. The minimum absolute atomic E-state index is 0.181. The van der Waals surface area contributed by atoms with Crippen molar-refractivity contribution in [1.82, 2.24) is 30.6 Å². The molecule has 0 spiro atoms. The van der Waals surface area contributed by atoms with Crippen LogP contribution < -0.4 is 20.1 Å². The summed E-state index contributed by atoms with van der Waals surface area (Å²) in [5.41, 5.74) is 0.633. The molecule has 0 bridgehead atoms. The van der Waals surface area contributed by atoms with Crippen molar-refractivity contribution < 1.29 is 19.1 Å². The van der Waals surface area contributed by atoms with Crippen molar-refractivity contribution in [3.05, 3.63) is 137 Å². The SMILES string of the molecule is CC(NC(=O)c1cccnc1Oc1cncc(Cl)c1)c1ccc(Cl)s1.CC(NC(=O)c1cccnc1Oc1cncc(Cl)c1)c1ccc(Cl)s1. The molecule has 6 aromatic rings. The summed E-state index contributed by atoms with van der Waals surface area (Å²) in [6.45, 7) is 3.77. The summed E-state index contributed by atoms with van der Waals surface area (Å²) in [5.74, 6) is 0.572. The molecular formula is C34H26Cl4N6O4S2. The molecule has 2 N–H and O–H groups in total. The number of hydrogen-bond acceptors (Lipinski definition) is 10. The summed E-state index contributed by atoms with van der Waals surface area (Å²) in [6, 6.07) is 16.8. The molecule has 0 radical (unpaired) electrons. The molecule has 10 nitrogen and oxygen atoms in total. The lowest BCUT2D eigenvalue weighted by atomic mass is 10.2. The third kappa shape index (κ3) is 10.4. The maximum absolute atomic E-state index is 12.6. The van der Waals surface area contributed by atoms with Crippen molar-refractivity contribution in [1.29, 1.82) is 0 Å². The number of thiophene rings is 2. The van der Waals surface area contributed by atoms with E-state index < -0.39 is 0 Å². The van der Waals surface area contributed by atoms with Gasteiger partial charge in [-0.1, -0.05) is 46.4 Å². The van der Waals surface area contributed by atoms with Gasteiger partial charge in [0.05, 0.1) is 43.2 Å². The Bertz CT molecular complexity index is 1950. The third-order valence-electron chi connectivity index (χ3n) is 6.56. The van der Waals surface area contributed by atoms with Crippen LogP contribution in [0, 0.1) is 0 Å². The minimum Gasteiger partial charge on any atom is -0.436 e. The number of halogens is 4. The maximum Gasteiger partial charge on any atom is 0.257 e. The van der Waals surface area contributed by atoms with E-state index in [-0.39, 0.29) is 35.7 Å². The Morgan fingerprint density at radius 1 is 0.640 bits per heavy atom. The molecule has 0 aliphatic heterocycles. The molecule has 50 heavy (non-hydrogen) atoms. The first-order chi connectivity index (χ1) is 24.0. The van der Waals surface area contributed by atoms with E-state index in [4.69, 9.17) is 55.9 Å². The van der Waals surface area contributed by atoms with E-state index in [1.165, 1.54) is 47.5 Å². The molecule has 2 atom stereocenters. The number of amides is 2. The number of carbonyl (C=O) groups is 2. The van der Waals surface area contributed by atoms with Gasteiger partial charge in [-0.15, -0.1) is 22.7 Å². The number of carbonyl (C=O) groups excluding carboxylic acids is 2. The Morgan fingerprint density at radius 3 is 1.42 bits per heavy atom. The molecule has 2 unspecified atom stereocenters. The van der Waals surface area contributed by atoms with Crippen LogP contribution in [0.5, 0.6) is 23.3 Å². The van der Waals surface area contributed by atoms with Crippen LogP contribution in [-0.4, -0.2) is 31.8 Å². The Hall–Kier alpha value is -4.30. The summed E-state index contributed by atoms with van der Waals surface area (Å²) in [6.07, 6.45) is 9.08. The topological polar surface area (TPSA) is 128 Å². The fourth-order valence-corrected chi connectivity index (χ4v) is 6.68. The Labute approximate surface area is 315 Å². The van der Waals surface area contributed by atoms with E-state index in [2.05, 4.69) is 30.6 Å². The lowest BCUT2D eigenvalue weighted by Gasteiger charge is -2.14. The number of ether oxygens (including phenoxy) is 2. The number of rotatable bonds is 10. The van der Waals surface area contributed by atoms with Gasteiger partial charge in [-0.3, -0.25) is 19.6 Å². The van der Waals surface area contributed by atoms with Gasteiger partial charge >= 0.3 is 0 Å². The fraction of sp³-hybridized carbons (Fsp3) is 0.118. The average Bonchev–Trinajstić information content (AvgIpc) is 3.74. The first-order valence-electron chi connectivity index (χ1n) is 14.6. The van der Waals surface area contributed by atoms with Crippen LogP contribution in [0.3, 0.4) is 0 Å². The van der Waals surface area contributed by atoms with Gasteiger partial charge in [-0.25, -0.2) is 9.97 Å². The summed E-state index contributed by atoms with van der Waals surface area (Å²) in [4.78, 5) is 43.3. The van der Waals surface area contributed by atoms with Crippen molar-refractivity contribution in [2.24, 2.45) is 0 Å². The smallest absolute Gasteiger partial charge is 0.257 e. The van der Waals surface area contributed by atoms with E-state index in [0.717, 1.165) is 9.75 Å². The Kier molecular flexibility index (Phi) is 13.0. The molecule has 6 aromatic heterocycles. The van der Waals surface area contributed by atoms with Gasteiger partial charge in [0.2, 0.25) is 11.8 Å². The molecule has 6 heterocycles. The quantitative estimate of drug-likeness (QED) is 0.140. The van der Waals surface area contributed by atoms with Crippen LogP contribution in [0.25, 0.3) is 0 Å². The summed E-state index contributed by atoms with van der Waals surface area (Å²) in [5, 5.41) is 6.69. The Morgan fingerprint density at radius 2 is 1.06 bits per heavy atom. The van der Waals surface area contributed by atoms with Crippen LogP contribution >= 0.6 is 69.1 Å². The largest absolute Gasteiger partial charge is 0.436 e. The van der Waals surface area contributed by atoms with E-state index in [9.17, 15) is 9.59 Å². The van der Waals surface area contributed by atoms with E-state index in [0.29, 0.717) is 41.3 Å². The molecule has 2 amide bonds. The zero-order valence-corrected chi connectivity index (χ0v) is 30.8. The molecule has 16 heteroatoms. The highest BCUT2D eigenvalue weighted by Crippen LogP contribution is 2.30. The monoisotopic (exact) mass is 786 g/mol. The summed E-state index contributed by atoms with van der Waals surface area (Å²) < 4.78 is 12.7. The predicted molar refractivity (Wildman–Crippen MR) is 198 cm³/mol. The molecule has 0 aliphatic rings. The first-order valence-corrected chi connectivity index (χ1v) is 17.8. The lowest BCUT2D eigenvalue weighted by Crippen LogP contribution is -2.26. The first kappa shape index (κ1) is 37.0. The van der Waals surface area contributed by atoms with Crippen molar-refractivity contribution in [3.63, 3.8) is 0 Å². The van der Waals surface area contributed by atoms with Gasteiger partial charge < -0.3 is 20.1 Å². The van der Waals surface area contributed by atoms with Crippen LogP contribution in [0.2, 0.25) is 18.7 Å². The molecular weight excluding hydrogens is 762 g/mol. The summed E-state index contributed by atoms with van der Waals surface area (Å²) >= 11 is 26.5. The van der Waals surface area contributed by atoms with E-state index in [1.807, 2.05) is 26.0 Å². The lowest BCUT2D eigenvalue weighted by molar-refractivity contribution is 0.0928. The molecule has 256 valence electrons. The van der Waals surface area contributed by atoms with Crippen LogP contribution in [0.4, 0.5) is 0 Å². The number of hydrogen-bond donors (Lipinski definition) is 2. The molecule has 0 fully saturated rings. The Balaban J connectivity index is 0.000000194. The second-order valence-corrected chi connectivity index (χ2v) is 14.6. The van der Waals surface area contributed by atoms with Crippen molar-refractivity contribution >= 4 is 80.9 Å². The van der Waals surface area contributed by atoms with Gasteiger partial charge in [-0.05, 0) is 62.4 Å². The van der Waals surface area contributed by atoms with Crippen LogP contribution in [0.15, 0.2) is 97.8 Å². The number of nitrogens with zero attached hydrogens (tertiary/aromatic N) is 4. The van der Waals surface area contributed by atoms with Crippen molar-refractivity contribution in [2.75, 3.05) is 0 Å². The van der Waals surface area contributed by atoms with E-state index in [1.54, 1.807) is 60.9 Å². The second kappa shape index (κ2) is 17.6. The third-order valence-corrected chi connectivity index (χ3v) is 9.80. The standard InChI is InChI=1S/2C17H13Cl2N3O2S/c2*1-10(14-4-5-15(19)25-14)22-16(23)13-3-2-6-21-17(13)24-12-7-11(18)8-20-9-12/h2*2-10H,1H3,(H,22,23). The average molecular weight is 789 g/mol. The molecule has 0 aromatic carbocycles. The molecule has 0 saturated heterocycles. The highest BCUT2D eigenvalue weighted by atomic mass is 35.5.